The molecule has 94 valence electrons. The summed E-state index contributed by atoms with van der Waals surface area (Å²) < 4.78 is 0. The van der Waals surface area contributed by atoms with E-state index in [4.69, 9.17) is 5.11 Å². The van der Waals surface area contributed by atoms with Gasteiger partial charge in [-0.25, -0.2) is 0 Å². The van der Waals surface area contributed by atoms with Crippen molar-refractivity contribution in [1.82, 2.24) is 10.2 Å². The molecule has 2 N–H and O–H groups in total. The van der Waals surface area contributed by atoms with Crippen molar-refractivity contribution in [2.75, 3.05) is 19.6 Å². The fraction of sp³-hybridized carbons (Fsp3) is 0.917. The Kier molecular flexibility index (Phi) is 5.77. The van der Waals surface area contributed by atoms with Gasteiger partial charge in [0.15, 0.2) is 0 Å². The monoisotopic (exact) mass is 228 g/mol. The van der Waals surface area contributed by atoms with Crippen LogP contribution in [0.5, 0.6) is 0 Å². The highest BCUT2D eigenvalue weighted by atomic mass is 16.4. The highest BCUT2D eigenvalue weighted by molar-refractivity contribution is 5.73. The van der Waals surface area contributed by atoms with Crippen LogP contribution < -0.4 is 5.32 Å². The molecule has 1 aliphatic rings. The summed E-state index contributed by atoms with van der Waals surface area (Å²) in [6.45, 7) is 6.98. The SMILES string of the molecule is CCNC(CC1CCCCN1CC)C(=O)O. The van der Waals surface area contributed by atoms with Crippen molar-refractivity contribution in [2.24, 2.45) is 0 Å². The maximum atomic E-state index is 11.1. The second kappa shape index (κ2) is 6.86. The topological polar surface area (TPSA) is 52.6 Å². The van der Waals surface area contributed by atoms with Crippen LogP contribution in [0, 0.1) is 0 Å². The maximum absolute atomic E-state index is 11.1. The normalized spacial score (nSPS) is 24.2. The van der Waals surface area contributed by atoms with E-state index in [1.54, 1.807) is 0 Å². The van der Waals surface area contributed by atoms with E-state index >= 15 is 0 Å². The standard InChI is InChI=1S/C12H24N2O2/c1-3-13-11(12(15)16)9-10-7-5-6-8-14(10)4-2/h10-11,13H,3-9H2,1-2H3,(H,15,16). The Balaban J connectivity index is 2.50. The minimum absolute atomic E-state index is 0.387. The molecule has 4 nitrogen and oxygen atoms in total. The smallest absolute Gasteiger partial charge is 0.320 e. The second-order valence-corrected chi connectivity index (χ2v) is 4.46. The fourth-order valence-electron chi connectivity index (χ4n) is 2.53. The summed E-state index contributed by atoms with van der Waals surface area (Å²) in [6, 6.07) is 0.0565. The molecule has 0 aromatic rings. The lowest BCUT2D eigenvalue weighted by molar-refractivity contribution is -0.140. The molecule has 0 saturated carbocycles. The molecular weight excluding hydrogens is 204 g/mol. The van der Waals surface area contributed by atoms with Crippen molar-refractivity contribution in [3.63, 3.8) is 0 Å². The summed E-state index contributed by atoms with van der Waals surface area (Å²) >= 11 is 0. The van der Waals surface area contributed by atoms with Gasteiger partial charge < -0.3 is 15.3 Å². The summed E-state index contributed by atoms with van der Waals surface area (Å²) in [7, 11) is 0. The van der Waals surface area contributed by atoms with Crippen molar-refractivity contribution in [2.45, 2.75) is 51.6 Å². The zero-order chi connectivity index (χ0) is 12.0. The molecule has 0 radical (unpaired) electrons. The van der Waals surface area contributed by atoms with E-state index in [2.05, 4.69) is 17.1 Å². The van der Waals surface area contributed by atoms with Crippen LogP contribution in [0.3, 0.4) is 0 Å². The molecular formula is C12H24N2O2. The Labute approximate surface area is 98.0 Å². The lowest BCUT2D eigenvalue weighted by Gasteiger charge is -2.36. The van der Waals surface area contributed by atoms with Gasteiger partial charge >= 0.3 is 5.97 Å². The van der Waals surface area contributed by atoms with Crippen LogP contribution in [0.2, 0.25) is 0 Å². The summed E-state index contributed by atoms with van der Waals surface area (Å²) in [5.41, 5.74) is 0. The number of aliphatic carboxylic acids is 1. The van der Waals surface area contributed by atoms with E-state index in [1.807, 2.05) is 6.92 Å². The number of likely N-dealkylation sites (N-methyl/N-ethyl adjacent to an activating group) is 1. The molecule has 1 fully saturated rings. The highest BCUT2D eigenvalue weighted by Gasteiger charge is 2.27. The van der Waals surface area contributed by atoms with E-state index in [9.17, 15) is 4.79 Å². The predicted octanol–water partition coefficient (Wildman–Crippen LogP) is 1.31. The van der Waals surface area contributed by atoms with E-state index in [-0.39, 0.29) is 6.04 Å². The average Bonchev–Trinajstić information content (AvgIpc) is 2.29. The molecule has 16 heavy (non-hydrogen) atoms. The highest BCUT2D eigenvalue weighted by Crippen LogP contribution is 2.20. The third kappa shape index (κ3) is 3.76. The number of carbonyl (C=O) groups is 1. The molecule has 1 saturated heterocycles. The number of nitrogens with zero attached hydrogens (tertiary/aromatic N) is 1. The first-order valence-corrected chi connectivity index (χ1v) is 6.39. The lowest BCUT2D eigenvalue weighted by Crippen LogP contribution is -2.46. The molecule has 4 heteroatoms. The molecule has 1 aliphatic heterocycles. The Bertz CT molecular complexity index is 221. The summed E-state index contributed by atoms with van der Waals surface area (Å²) in [5.74, 6) is -0.719. The van der Waals surface area contributed by atoms with E-state index in [0.717, 1.165) is 32.5 Å². The molecule has 1 rings (SSSR count). The van der Waals surface area contributed by atoms with E-state index in [0.29, 0.717) is 6.04 Å². The van der Waals surface area contributed by atoms with Crippen LogP contribution in [-0.4, -0.2) is 47.7 Å². The number of hydrogen-bond donors (Lipinski definition) is 2. The molecule has 0 bridgehead atoms. The van der Waals surface area contributed by atoms with Crippen molar-refractivity contribution < 1.29 is 9.90 Å². The van der Waals surface area contributed by atoms with Gasteiger partial charge in [0, 0.05) is 6.04 Å². The molecule has 0 aliphatic carbocycles. The second-order valence-electron chi connectivity index (χ2n) is 4.46. The molecule has 0 spiro atoms. The number of rotatable bonds is 6. The van der Waals surface area contributed by atoms with Gasteiger partial charge in [0.05, 0.1) is 0 Å². The molecule has 0 aromatic heterocycles. The summed E-state index contributed by atoms with van der Waals surface area (Å²) in [5, 5.41) is 12.2. The van der Waals surface area contributed by atoms with Crippen LogP contribution in [-0.2, 0) is 4.79 Å². The zero-order valence-corrected chi connectivity index (χ0v) is 10.4. The number of carboxylic acids is 1. The van der Waals surface area contributed by atoms with Gasteiger partial charge in [0.1, 0.15) is 6.04 Å². The minimum Gasteiger partial charge on any atom is -0.480 e. The van der Waals surface area contributed by atoms with Gasteiger partial charge in [-0.3, -0.25) is 4.79 Å². The number of likely N-dealkylation sites (tertiary alicyclic amines) is 1. The van der Waals surface area contributed by atoms with Crippen molar-refractivity contribution >= 4 is 5.97 Å². The predicted molar refractivity (Wildman–Crippen MR) is 64.6 cm³/mol. The first kappa shape index (κ1) is 13.5. The van der Waals surface area contributed by atoms with Gasteiger partial charge in [-0.2, -0.15) is 0 Å². The van der Waals surface area contributed by atoms with Crippen LogP contribution in [0.15, 0.2) is 0 Å². The van der Waals surface area contributed by atoms with Gasteiger partial charge in [0.25, 0.3) is 0 Å². The zero-order valence-electron chi connectivity index (χ0n) is 10.4. The Morgan fingerprint density at radius 1 is 1.50 bits per heavy atom. The molecule has 2 unspecified atom stereocenters. The first-order chi connectivity index (χ1) is 7.69. The van der Waals surface area contributed by atoms with Gasteiger partial charge in [0.2, 0.25) is 0 Å². The first-order valence-electron chi connectivity index (χ1n) is 6.39. The molecule has 1 heterocycles. The molecule has 0 amide bonds. The molecule has 0 aromatic carbocycles. The van der Waals surface area contributed by atoms with Gasteiger partial charge in [-0.05, 0) is 38.9 Å². The number of carboxylic acid groups (broad SMARTS) is 1. The largest absolute Gasteiger partial charge is 0.480 e. The van der Waals surface area contributed by atoms with Crippen LogP contribution in [0.1, 0.15) is 39.5 Å². The van der Waals surface area contributed by atoms with Crippen molar-refractivity contribution in [1.29, 1.82) is 0 Å². The summed E-state index contributed by atoms with van der Waals surface area (Å²) in [4.78, 5) is 13.5. The third-order valence-electron chi connectivity index (χ3n) is 3.41. The van der Waals surface area contributed by atoms with Gasteiger partial charge in [-0.1, -0.05) is 20.3 Å². The number of hydrogen-bond acceptors (Lipinski definition) is 3. The average molecular weight is 228 g/mol. The van der Waals surface area contributed by atoms with E-state index < -0.39 is 5.97 Å². The number of nitrogens with one attached hydrogen (secondary N) is 1. The summed E-state index contributed by atoms with van der Waals surface area (Å²) in [6.07, 6.45) is 4.36. The van der Waals surface area contributed by atoms with Crippen LogP contribution in [0.25, 0.3) is 0 Å². The van der Waals surface area contributed by atoms with E-state index in [1.165, 1.54) is 12.8 Å². The minimum atomic E-state index is -0.719. The Morgan fingerprint density at radius 2 is 2.25 bits per heavy atom. The Hall–Kier alpha value is -0.610. The van der Waals surface area contributed by atoms with Crippen molar-refractivity contribution in [3.8, 4) is 0 Å². The van der Waals surface area contributed by atoms with Crippen molar-refractivity contribution in [3.05, 3.63) is 0 Å². The quantitative estimate of drug-likeness (QED) is 0.720. The lowest BCUT2D eigenvalue weighted by atomic mass is 9.96. The van der Waals surface area contributed by atoms with Crippen LogP contribution in [0.4, 0.5) is 0 Å². The van der Waals surface area contributed by atoms with Crippen LogP contribution >= 0.6 is 0 Å². The van der Waals surface area contributed by atoms with Gasteiger partial charge in [-0.15, -0.1) is 0 Å². The Morgan fingerprint density at radius 3 is 2.81 bits per heavy atom. The third-order valence-corrected chi connectivity index (χ3v) is 3.41. The fourth-order valence-corrected chi connectivity index (χ4v) is 2.53. The number of piperidine rings is 1. The maximum Gasteiger partial charge on any atom is 0.320 e. The molecule has 2 atom stereocenters.